The van der Waals surface area contributed by atoms with Crippen LogP contribution in [0.3, 0.4) is 0 Å². The van der Waals surface area contributed by atoms with E-state index in [9.17, 15) is 9.00 Å². The summed E-state index contributed by atoms with van der Waals surface area (Å²) in [7, 11) is 0.399. The molecule has 0 radical (unpaired) electrons. The fourth-order valence-electron chi connectivity index (χ4n) is 2.38. The van der Waals surface area contributed by atoms with Gasteiger partial charge in [-0.25, -0.2) is 0 Å². The van der Waals surface area contributed by atoms with Crippen molar-refractivity contribution in [1.82, 2.24) is 5.32 Å². The summed E-state index contributed by atoms with van der Waals surface area (Å²) in [5.41, 5.74) is 0.955. The van der Waals surface area contributed by atoms with Gasteiger partial charge in [-0.1, -0.05) is 30.3 Å². The predicted octanol–water partition coefficient (Wildman–Crippen LogP) is 3.53. The Morgan fingerprint density at radius 3 is 2.46 bits per heavy atom. The van der Waals surface area contributed by atoms with Gasteiger partial charge in [0.15, 0.2) is 5.76 Å². The van der Waals surface area contributed by atoms with Crippen LogP contribution in [0.2, 0.25) is 0 Å². The van der Waals surface area contributed by atoms with Crippen molar-refractivity contribution in [2.75, 3.05) is 7.11 Å². The van der Waals surface area contributed by atoms with Crippen molar-refractivity contribution in [2.24, 2.45) is 0 Å². The Balaban J connectivity index is 1.56. The molecule has 0 bridgehead atoms. The normalized spacial score (nSPS) is 11.7. The predicted molar refractivity (Wildman–Crippen MR) is 99.4 cm³/mol. The van der Waals surface area contributed by atoms with E-state index < -0.39 is 10.8 Å². The Labute approximate surface area is 154 Å². The van der Waals surface area contributed by atoms with Crippen LogP contribution in [0.15, 0.2) is 76.0 Å². The van der Waals surface area contributed by atoms with Crippen LogP contribution < -0.4 is 10.1 Å². The number of methoxy groups -OCH3 is 1. The number of carbonyl (C=O) groups is 1. The third-order valence-corrected chi connectivity index (χ3v) is 5.12. The van der Waals surface area contributed by atoms with Crippen LogP contribution in [0.1, 0.15) is 21.9 Å². The lowest BCUT2D eigenvalue weighted by molar-refractivity contribution is 0.0921. The fraction of sp³-hybridized carbons (Fsp3) is 0.150. The van der Waals surface area contributed by atoms with Crippen LogP contribution in [0.25, 0.3) is 0 Å². The number of carbonyl (C=O) groups excluding carboxylic acids is 1. The number of nitrogens with one attached hydrogen (secondary N) is 1. The highest BCUT2D eigenvalue weighted by Crippen LogP contribution is 2.15. The standard InChI is InChI=1S/C20H19NO4S/c1-24-16-9-7-15(8-10-16)13-21-20(22)19-12-11-17(25-19)14-26(23)18-5-3-2-4-6-18/h2-12H,13-14H2,1H3,(H,21,22)/t26-/m1/s1. The number of hydrogen-bond donors (Lipinski definition) is 1. The van der Waals surface area contributed by atoms with E-state index in [1.54, 1.807) is 19.2 Å². The molecule has 0 aliphatic heterocycles. The molecular weight excluding hydrogens is 350 g/mol. The van der Waals surface area contributed by atoms with Crippen LogP contribution >= 0.6 is 0 Å². The maximum atomic E-state index is 12.3. The molecule has 0 saturated carbocycles. The topological polar surface area (TPSA) is 68.5 Å². The molecule has 134 valence electrons. The first-order valence-corrected chi connectivity index (χ1v) is 9.41. The minimum Gasteiger partial charge on any atom is -0.497 e. The molecule has 1 heterocycles. The molecule has 0 aliphatic rings. The van der Waals surface area contributed by atoms with E-state index in [0.29, 0.717) is 12.3 Å². The third kappa shape index (κ3) is 4.61. The molecule has 3 rings (SSSR count). The number of amides is 1. The van der Waals surface area contributed by atoms with Gasteiger partial charge in [0.2, 0.25) is 0 Å². The first-order valence-electron chi connectivity index (χ1n) is 8.09. The molecule has 1 N–H and O–H groups in total. The number of rotatable bonds is 7. The monoisotopic (exact) mass is 369 g/mol. The zero-order valence-electron chi connectivity index (χ0n) is 14.3. The smallest absolute Gasteiger partial charge is 0.287 e. The molecule has 0 fully saturated rings. The van der Waals surface area contributed by atoms with Crippen molar-refractivity contribution in [3.05, 3.63) is 83.8 Å². The van der Waals surface area contributed by atoms with Crippen molar-refractivity contribution < 1.29 is 18.2 Å². The number of ether oxygens (including phenoxy) is 1. The lowest BCUT2D eigenvalue weighted by atomic mass is 10.2. The van der Waals surface area contributed by atoms with Gasteiger partial charge in [0, 0.05) is 11.4 Å². The summed E-state index contributed by atoms with van der Waals surface area (Å²) in [6, 6.07) is 19.9. The van der Waals surface area contributed by atoms with Crippen LogP contribution in [0, 0.1) is 0 Å². The summed E-state index contributed by atoms with van der Waals surface area (Å²) >= 11 is 0. The van der Waals surface area contributed by atoms with Gasteiger partial charge in [-0.15, -0.1) is 0 Å². The molecule has 6 heteroatoms. The van der Waals surface area contributed by atoms with Gasteiger partial charge in [-0.3, -0.25) is 9.00 Å². The molecule has 0 aliphatic carbocycles. The van der Waals surface area contributed by atoms with E-state index in [0.717, 1.165) is 16.2 Å². The van der Waals surface area contributed by atoms with E-state index >= 15 is 0 Å². The van der Waals surface area contributed by atoms with Gasteiger partial charge in [0.1, 0.15) is 11.5 Å². The van der Waals surface area contributed by atoms with Crippen LogP contribution in [0.5, 0.6) is 5.75 Å². The van der Waals surface area contributed by atoms with E-state index in [1.165, 1.54) is 0 Å². The number of furan rings is 1. The van der Waals surface area contributed by atoms with Crippen LogP contribution in [0.4, 0.5) is 0 Å². The summed E-state index contributed by atoms with van der Waals surface area (Å²) in [4.78, 5) is 12.9. The Hall–Kier alpha value is -2.86. The van der Waals surface area contributed by atoms with Gasteiger partial charge < -0.3 is 14.5 Å². The molecular formula is C20H19NO4S. The zero-order valence-corrected chi connectivity index (χ0v) is 15.1. The number of benzene rings is 2. The SMILES string of the molecule is COc1ccc(CNC(=O)c2ccc(C[S@@](=O)c3ccccc3)o2)cc1. The van der Waals surface area contributed by atoms with Gasteiger partial charge >= 0.3 is 0 Å². The second-order valence-electron chi connectivity index (χ2n) is 5.60. The Morgan fingerprint density at radius 1 is 1.04 bits per heavy atom. The molecule has 3 aromatic rings. The minimum atomic E-state index is -1.21. The van der Waals surface area contributed by atoms with E-state index in [4.69, 9.17) is 9.15 Å². The average molecular weight is 369 g/mol. The van der Waals surface area contributed by atoms with E-state index in [-0.39, 0.29) is 17.4 Å². The van der Waals surface area contributed by atoms with Gasteiger partial charge in [-0.2, -0.15) is 0 Å². The molecule has 2 aromatic carbocycles. The molecule has 0 unspecified atom stereocenters. The van der Waals surface area contributed by atoms with Crippen molar-refractivity contribution >= 4 is 16.7 Å². The van der Waals surface area contributed by atoms with Gasteiger partial charge in [-0.05, 0) is 42.0 Å². The van der Waals surface area contributed by atoms with Crippen LogP contribution in [-0.4, -0.2) is 17.2 Å². The first kappa shape index (κ1) is 17.9. The highest BCUT2D eigenvalue weighted by molar-refractivity contribution is 7.84. The van der Waals surface area contributed by atoms with Crippen molar-refractivity contribution in [1.29, 1.82) is 0 Å². The lowest BCUT2D eigenvalue weighted by Crippen LogP contribution is -2.22. The molecule has 0 spiro atoms. The third-order valence-electron chi connectivity index (χ3n) is 3.78. The Morgan fingerprint density at radius 2 is 1.77 bits per heavy atom. The van der Waals surface area contributed by atoms with Gasteiger partial charge in [0.25, 0.3) is 5.91 Å². The molecule has 1 amide bonds. The average Bonchev–Trinajstić information content (AvgIpc) is 3.15. The number of hydrogen-bond acceptors (Lipinski definition) is 4. The Kier molecular flexibility index (Phi) is 5.86. The van der Waals surface area contributed by atoms with Crippen LogP contribution in [-0.2, 0) is 23.1 Å². The maximum Gasteiger partial charge on any atom is 0.287 e. The Bertz CT molecular complexity index is 888. The lowest BCUT2D eigenvalue weighted by Gasteiger charge is -2.05. The molecule has 0 saturated heterocycles. The maximum absolute atomic E-state index is 12.3. The van der Waals surface area contributed by atoms with Crippen molar-refractivity contribution in [3.63, 3.8) is 0 Å². The summed E-state index contributed by atoms with van der Waals surface area (Å²) < 4.78 is 22.9. The molecule has 26 heavy (non-hydrogen) atoms. The van der Waals surface area contributed by atoms with Gasteiger partial charge in [0.05, 0.1) is 23.7 Å². The highest BCUT2D eigenvalue weighted by atomic mass is 32.2. The zero-order chi connectivity index (χ0) is 18.4. The molecule has 1 atom stereocenters. The quantitative estimate of drug-likeness (QED) is 0.692. The minimum absolute atomic E-state index is 0.207. The largest absolute Gasteiger partial charge is 0.497 e. The second-order valence-corrected chi connectivity index (χ2v) is 7.05. The summed E-state index contributed by atoms with van der Waals surface area (Å²) in [5.74, 6) is 1.41. The molecule has 1 aromatic heterocycles. The summed E-state index contributed by atoms with van der Waals surface area (Å²) in [5, 5.41) is 2.80. The molecule has 5 nitrogen and oxygen atoms in total. The summed E-state index contributed by atoms with van der Waals surface area (Å²) in [6.07, 6.45) is 0. The van der Waals surface area contributed by atoms with E-state index in [1.807, 2.05) is 54.6 Å². The summed E-state index contributed by atoms with van der Waals surface area (Å²) in [6.45, 7) is 0.384. The van der Waals surface area contributed by atoms with E-state index in [2.05, 4.69) is 5.32 Å². The second kappa shape index (κ2) is 8.49. The van der Waals surface area contributed by atoms with Crippen molar-refractivity contribution in [2.45, 2.75) is 17.2 Å². The highest BCUT2D eigenvalue weighted by Gasteiger charge is 2.13. The van der Waals surface area contributed by atoms with Crippen molar-refractivity contribution in [3.8, 4) is 5.75 Å². The fourth-order valence-corrected chi connectivity index (χ4v) is 3.42. The first-order chi connectivity index (χ1) is 12.7.